The smallest absolute Gasteiger partial charge is 0.248 e. The van der Waals surface area contributed by atoms with Crippen molar-refractivity contribution in [1.82, 2.24) is 15.2 Å². The second-order valence-corrected chi connectivity index (χ2v) is 12.2. The van der Waals surface area contributed by atoms with Gasteiger partial charge in [0, 0.05) is 25.8 Å². The van der Waals surface area contributed by atoms with Crippen LogP contribution in [0.1, 0.15) is 38.6 Å². The Hall–Kier alpha value is -3.09. The molecule has 206 valence electrons. The fraction of sp³-hybridized carbons (Fsp3) is 0.500. The maximum Gasteiger partial charge on any atom is 0.248 e. The van der Waals surface area contributed by atoms with Crippen LogP contribution in [0, 0.1) is 17.7 Å². The SMILES string of the molecule is CCS(=O)(=O)Nc1cc(-c2nnc(C(C)(N)Cc3ccc(F)cc3)o2)cc(N(CCOC)CC2CC2C)n1. The number of methoxy groups -OCH3 is 1. The van der Waals surface area contributed by atoms with Gasteiger partial charge in [0.1, 0.15) is 17.5 Å². The Labute approximate surface area is 222 Å². The van der Waals surface area contributed by atoms with Crippen molar-refractivity contribution in [3.05, 3.63) is 53.7 Å². The lowest BCUT2D eigenvalue weighted by Gasteiger charge is -2.24. The summed E-state index contributed by atoms with van der Waals surface area (Å²) in [6.07, 6.45) is 1.48. The zero-order chi connectivity index (χ0) is 27.5. The van der Waals surface area contributed by atoms with E-state index in [2.05, 4.69) is 31.7 Å². The van der Waals surface area contributed by atoms with Crippen molar-refractivity contribution in [2.45, 2.75) is 39.2 Å². The van der Waals surface area contributed by atoms with Crippen LogP contribution in [0.2, 0.25) is 0 Å². The van der Waals surface area contributed by atoms with E-state index in [4.69, 9.17) is 14.9 Å². The number of hydrogen-bond acceptors (Lipinski definition) is 9. The summed E-state index contributed by atoms with van der Waals surface area (Å²) in [5.41, 5.74) is 6.83. The third-order valence-electron chi connectivity index (χ3n) is 6.72. The van der Waals surface area contributed by atoms with E-state index in [1.54, 1.807) is 45.2 Å². The van der Waals surface area contributed by atoms with Crippen molar-refractivity contribution < 1.29 is 22.0 Å². The van der Waals surface area contributed by atoms with Gasteiger partial charge < -0.3 is 19.8 Å². The molecular formula is C26H35FN6O4S. The van der Waals surface area contributed by atoms with Gasteiger partial charge in [-0.05, 0) is 68.4 Å². The first-order valence-corrected chi connectivity index (χ1v) is 14.3. The van der Waals surface area contributed by atoms with E-state index in [0.29, 0.717) is 42.8 Å². The zero-order valence-electron chi connectivity index (χ0n) is 22.1. The molecule has 10 nitrogen and oxygen atoms in total. The molecule has 1 saturated carbocycles. The van der Waals surface area contributed by atoms with Crippen molar-refractivity contribution >= 4 is 21.7 Å². The van der Waals surface area contributed by atoms with Gasteiger partial charge in [0.05, 0.1) is 17.9 Å². The maximum atomic E-state index is 13.3. The fourth-order valence-corrected chi connectivity index (χ4v) is 4.76. The molecule has 1 aliphatic rings. The van der Waals surface area contributed by atoms with E-state index in [1.165, 1.54) is 12.1 Å². The molecule has 0 spiro atoms. The summed E-state index contributed by atoms with van der Waals surface area (Å²) in [7, 11) is -1.94. The third-order valence-corrected chi connectivity index (χ3v) is 8.00. The number of anilines is 2. The van der Waals surface area contributed by atoms with Gasteiger partial charge >= 0.3 is 0 Å². The number of aromatic nitrogens is 3. The lowest BCUT2D eigenvalue weighted by molar-refractivity contribution is 0.204. The molecule has 3 aromatic rings. The van der Waals surface area contributed by atoms with Gasteiger partial charge in [0.25, 0.3) is 0 Å². The molecule has 2 aromatic heterocycles. The highest BCUT2D eigenvalue weighted by Crippen LogP contribution is 2.39. The second-order valence-electron chi connectivity index (χ2n) is 10.1. The molecule has 1 aromatic carbocycles. The summed E-state index contributed by atoms with van der Waals surface area (Å²) in [6, 6.07) is 9.44. The van der Waals surface area contributed by atoms with Crippen molar-refractivity contribution in [3.8, 4) is 11.5 Å². The molecule has 1 aliphatic carbocycles. The number of benzene rings is 1. The summed E-state index contributed by atoms with van der Waals surface area (Å²) in [4.78, 5) is 6.69. The first-order valence-electron chi connectivity index (χ1n) is 12.6. The third kappa shape index (κ3) is 7.06. The van der Waals surface area contributed by atoms with Gasteiger partial charge in [-0.2, -0.15) is 0 Å². The molecule has 3 atom stereocenters. The van der Waals surface area contributed by atoms with Crippen LogP contribution in [0.25, 0.3) is 11.5 Å². The predicted molar refractivity (Wildman–Crippen MR) is 144 cm³/mol. The van der Waals surface area contributed by atoms with Crippen LogP contribution < -0.4 is 15.4 Å². The summed E-state index contributed by atoms with van der Waals surface area (Å²) < 4.78 is 51.9. The van der Waals surface area contributed by atoms with E-state index in [-0.39, 0.29) is 29.2 Å². The van der Waals surface area contributed by atoms with Crippen molar-refractivity contribution in [3.63, 3.8) is 0 Å². The minimum Gasteiger partial charge on any atom is -0.419 e. The molecule has 0 bridgehead atoms. The van der Waals surface area contributed by atoms with Crippen molar-refractivity contribution in [1.29, 1.82) is 0 Å². The molecular weight excluding hydrogens is 511 g/mol. The monoisotopic (exact) mass is 546 g/mol. The zero-order valence-corrected chi connectivity index (χ0v) is 23.0. The predicted octanol–water partition coefficient (Wildman–Crippen LogP) is 3.56. The van der Waals surface area contributed by atoms with E-state index < -0.39 is 15.6 Å². The van der Waals surface area contributed by atoms with Gasteiger partial charge in [-0.15, -0.1) is 10.2 Å². The van der Waals surface area contributed by atoms with E-state index in [0.717, 1.165) is 18.5 Å². The first-order chi connectivity index (χ1) is 18.0. The van der Waals surface area contributed by atoms with E-state index >= 15 is 0 Å². The minimum atomic E-state index is -3.58. The summed E-state index contributed by atoms with van der Waals surface area (Å²) in [6.45, 7) is 7.37. The molecule has 1 fully saturated rings. The van der Waals surface area contributed by atoms with Gasteiger partial charge in [0.2, 0.25) is 21.8 Å². The standard InChI is InChI=1S/C26H35FN6O4S/c1-5-38(34,35)32-22-13-19(14-23(29-22)33(10-11-36-4)16-20-12-17(20)2)24-30-31-25(37-24)26(3,28)15-18-6-8-21(27)9-7-18/h6-9,13-14,17,20H,5,10-12,15-16,28H2,1-4H3,(H,29,32). The fourth-order valence-electron chi connectivity index (χ4n) is 4.20. The highest BCUT2D eigenvalue weighted by atomic mass is 32.2. The Bertz CT molecular complexity index is 1350. The van der Waals surface area contributed by atoms with Crippen LogP contribution in [0.5, 0.6) is 0 Å². The average Bonchev–Trinajstić information content (AvgIpc) is 3.33. The largest absolute Gasteiger partial charge is 0.419 e. The number of nitrogens with zero attached hydrogens (tertiary/aromatic N) is 4. The number of hydrogen-bond donors (Lipinski definition) is 2. The molecule has 0 radical (unpaired) electrons. The number of nitrogens with two attached hydrogens (primary N) is 1. The van der Waals surface area contributed by atoms with Gasteiger partial charge in [-0.25, -0.2) is 17.8 Å². The Morgan fingerprint density at radius 2 is 1.97 bits per heavy atom. The van der Waals surface area contributed by atoms with E-state index in [9.17, 15) is 12.8 Å². The number of sulfonamides is 1. The Morgan fingerprint density at radius 1 is 1.26 bits per heavy atom. The van der Waals surface area contributed by atoms with Crippen LogP contribution in [0.4, 0.5) is 16.0 Å². The van der Waals surface area contributed by atoms with E-state index in [1.807, 2.05) is 0 Å². The topological polar surface area (TPSA) is 136 Å². The molecule has 12 heteroatoms. The Kier molecular flexibility index (Phi) is 8.34. The summed E-state index contributed by atoms with van der Waals surface area (Å²) in [5, 5.41) is 8.39. The average molecular weight is 547 g/mol. The number of halogens is 1. The molecule has 0 aliphatic heterocycles. The second kappa shape index (κ2) is 11.3. The summed E-state index contributed by atoms with van der Waals surface area (Å²) >= 11 is 0. The Morgan fingerprint density at radius 3 is 2.61 bits per heavy atom. The highest BCUT2D eigenvalue weighted by molar-refractivity contribution is 7.92. The van der Waals surface area contributed by atoms with Crippen LogP contribution in [-0.2, 0) is 26.7 Å². The number of pyridine rings is 1. The summed E-state index contributed by atoms with van der Waals surface area (Å²) in [5.74, 6) is 1.86. The minimum absolute atomic E-state index is 0.0964. The normalized spacial score (nSPS) is 18.7. The van der Waals surface area contributed by atoms with Crippen LogP contribution in [-0.4, -0.2) is 56.2 Å². The first kappa shape index (κ1) is 27.9. The van der Waals surface area contributed by atoms with Gasteiger partial charge in [0.15, 0.2) is 0 Å². The quantitative estimate of drug-likeness (QED) is 0.330. The highest BCUT2D eigenvalue weighted by Gasteiger charge is 2.35. The number of nitrogens with one attached hydrogen (secondary N) is 1. The molecule has 38 heavy (non-hydrogen) atoms. The van der Waals surface area contributed by atoms with Gasteiger partial charge in [-0.1, -0.05) is 19.1 Å². The Balaban J connectivity index is 1.67. The lowest BCUT2D eigenvalue weighted by Crippen LogP contribution is -2.35. The molecule has 3 N–H and O–H groups in total. The van der Waals surface area contributed by atoms with Crippen LogP contribution in [0.3, 0.4) is 0 Å². The number of rotatable bonds is 13. The van der Waals surface area contributed by atoms with Crippen LogP contribution >= 0.6 is 0 Å². The molecule has 0 saturated heterocycles. The lowest BCUT2D eigenvalue weighted by atomic mass is 9.94. The van der Waals surface area contributed by atoms with Crippen molar-refractivity contribution in [2.24, 2.45) is 17.6 Å². The van der Waals surface area contributed by atoms with Crippen molar-refractivity contribution in [2.75, 3.05) is 42.2 Å². The molecule has 0 amide bonds. The molecule has 4 rings (SSSR count). The maximum absolute atomic E-state index is 13.3. The van der Waals surface area contributed by atoms with Crippen LogP contribution in [0.15, 0.2) is 40.8 Å². The molecule has 2 heterocycles. The number of ether oxygens (including phenoxy) is 1. The van der Waals surface area contributed by atoms with Gasteiger partial charge in [-0.3, -0.25) is 4.72 Å². The molecule has 3 unspecified atom stereocenters.